The second kappa shape index (κ2) is 8.88. The monoisotopic (exact) mass is 402 g/mol. The van der Waals surface area contributed by atoms with Crippen molar-refractivity contribution in [1.82, 2.24) is 4.98 Å². The van der Waals surface area contributed by atoms with Crippen molar-refractivity contribution in [2.24, 2.45) is 0 Å². The fraction of sp³-hybridized carbons (Fsp3) is 0.200. The Bertz CT molecular complexity index is 908. The highest BCUT2D eigenvalue weighted by Gasteiger charge is 2.13. The smallest absolute Gasteiger partial charge is 0.264 e. The quantitative estimate of drug-likeness (QED) is 0.590. The van der Waals surface area contributed by atoms with E-state index >= 15 is 0 Å². The van der Waals surface area contributed by atoms with Gasteiger partial charge in [-0.3, -0.25) is 10.1 Å². The number of nitrogens with one attached hydrogen (secondary N) is 1. The zero-order valence-electron chi connectivity index (χ0n) is 15.0. The first-order chi connectivity index (χ1) is 13.0. The number of aromatic nitrogens is 1. The molecule has 1 heterocycles. The van der Waals surface area contributed by atoms with Crippen molar-refractivity contribution in [2.75, 3.05) is 18.5 Å². The molecular formula is C20H19ClN2O3S. The van der Waals surface area contributed by atoms with Crippen LogP contribution in [0.2, 0.25) is 5.02 Å². The summed E-state index contributed by atoms with van der Waals surface area (Å²) in [6, 6.07) is 14.6. The highest BCUT2D eigenvalue weighted by atomic mass is 35.5. The van der Waals surface area contributed by atoms with E-state index in [4.69, 9.17) is 21.1 Å². The molecule has 0 radical (unpaired) electrons. The van der Waals surface area contributed by atoms with E-state index in [-0.39, 0.29) is 12.5 Å². The van der Waals surface area contributed by atoms with Crippen molar-refractivity contribution < 1.29 is 14.3 Å². The Morgan fingerprint density at radius 1 is 1.07 bits per heavy atom. The minimum absolute atomic E-state index is 0.0986. The van der Waals surface area contributed by atoms with Crippen LogP contribution >= 0.6 is 22.9 Å². The van der Waals surface area contributed by atoms with Gasteiger partial charge in [0.15, 0.2) is 11.7 Å². The fourth-order valence-corrected chi connectivity index (χ4v) is 3.41. The summed E-state index contributed by atoms with van der Waals surface area (Å²) in [6.07, 6.45) is 0. The van der Waals surface area contributed by atoms with Gasteiger partial charge in [0.25, 0.3) is 5.91 Å². The molecule has 0 atom stereocenters. The van der Waals surface area contributed by atoms with Gasteiger partial charge in [-0.1, -0.05) is 11.6 Å². The average molecular weight is 403 g/mol. The van der Waals surface area contributed by atoms with Crippen molar-refractivity contribution >= 4 is 34.0 Å². The van der Waals surface area contributed by atoms with E-state index in [1.54, 1.807) is 24.3 Å². The highest BCUT2D eigenvalue weighted by molar-refractivity contribution is 7.16. The molecule has 1 N–H and O–H groups in total. The first-order valence-electron chi connectivity index (χ1n) is 8.44. The number of rotatable bonds is 7. The summed E-state index contributed by atoms with van der Waals surface area (Å²) in [7, 11) is 0. The molecule has 0 aliphatic carbocycles. The predicted octanol–water partition coefficient (Wildman–Crippen LogP) is 5.19. The Morgan fingerprint density at radius 3 is 2.37 bits per heavy atom. The zero-order valence-corrected chi connectivity index (χ0v) is 16.6. The normalized spacial score (nSPS) is 10.5. The average Bonchev–Trinajstić information content (AvgIpc) is 3.02. The van der Waals surface area contributed by atoms with Gasteiger partial charge in [-0.05, 0) is 62.4 Å². The number of halogens is 1. The summed E-state index contributed by atoms with van der Waals surface area (Å²) in [6.45, 7) is 4.45. The van der Waals surface area contributed by atoms with Gasteiger partial charge in [0.2, 0.25) is 0 Å². The number of amides is 1. The van der Waals surface area contributed by atoms with Crippen molar-refractivity contribution in [3.63, 3.8) is 0 Å². The van der Waals surface area contributed by atoms with Crippen LogP contribution in [0.5, 0.6) is 11.5 Å². The van der Waals surface area contributed by atoms with Crippen LogP contribution in [-0.4, -0.2) is 24.1 Å². The van der Waals surface area contributed by atoms with Gasteiger partial charge in [-0.2, -0.15) is 0 Å². The molecule has 3 aromatic rings. The maximum Gasteiger partial charge on any atom is 0.264 e. The lowest BCUT2D eigenvalue weighted by molar-refractivity contribution is -0.118. The Morgan fingerprint density at radius 2 is 1.70 bits per heavy atom. The highest BCUT2D eigenvalue weighted by Crippen LogP contribution is 2.31. The number of hydrogen-bond donors (Lipinski definition) is 1. The number of ether oxygens (including phenoxy) is 2. The van der Waals surface area contributed by atoms with E-state index < -0.39 is 0 Å². The van der Waals surface area contributed by atoms with Crippen molar-refractivity contribution in [2.45, 2.75) is 13.8 Å². The third-order valence-corrected chi connectivity index (χ3v) is 4.80. The molecule has 3 rings (SSSR count). The van der Waals surface area contributed by atoms with Crippen LogP contribution in [0.1, 0.15) is 11.8 Å². The fourth-order valence-electron chi connectivity index (χ4n) is 2.43. The Labute approximate surface area is 166 Å². The van der Waals surface area contributed by atoms with Crippen LogP contribution in [0.4, 0.5) is 5.13 Å². The van der Waals surface area contributed by atoms with Gasteiger partial charge in [0.1, 0.15) is 11.5 Å². The lowest BCUT2D eigenvalue weighted by Gasteiger charge is -2.05. The van der Waals surface area contributed by atoms with Gasteiger partial charge in [0.05, 0.1) is 12.3 Å². The van der Waals surface area contributed by atoms with Crippen molar-refractivity contribution in [3.05, 3.63) is 58.4 Å². The molecule has 1 amide bonds. The second-order valence-corrected chi connectivity index (χ2v) is 7.31. The van der Waals surface area contributed by atoms with E-state index in [1.807, 2.05) is 38.1 Å². The second-order valence-electron chi connectivity index (χ2n) is 5.67. The minimum atomic E-state index is -0.267. The Kier molecular flexibility index (Phi) is 6.32. The third kappa shape index (κ3) is 5.21. The van der Waals surface area contributed by atoms with Crippen LogP contribution < -0.4 is 14.8 Å². The van der Waals surface area contributed by atoms with Crippen LogP contribution in [0, 0.1) is 6.92 Å². The molecule has 0 unspecified atom stereocenters. The number of benzene rings is 2. The van der Waals surface area contributed by atoms with Gasteiger partial charge < -0.3 is 9.47 Å². The third-order valence-electron chi connectivity index (χ3n) is 3.67. The summed E-state index contributed by atoms with van der Waals surface area (Å²) >= 11 is 7.25. The molecule has 140 valence electrons. The SMILES string of the molecule is CCOc1ccc(-c2nc(NC(=O)COc3ccc(Cl)cc3)sc2C)cc1. The number of anilines is 1. The van der Waals surface area contributed by atoms with E-state index in [9.17, 15) is 4.79 Å². The first-order valence-corrected chi connectivity index (χ1v) is 9.63. The van der Waals surface area contributed by atoms with Gasteiger partial charge in [-0.25, -0.2) is 4.98 Å². The standard InChI is InChI=1S/C20H19ClN2O3S/c1-3-25-16-8-4-14(5-9-16)19-13(2)27-20(23-19)22-18(24)12-26-17-10-6-15(21)7-11-17/h4-11H,3,12H2,1-2H3,(H,22,23,24). The lowest BCUT2D eigenvalue weighted by Crippen LogP contribution is -2.20. The topological polar surface area (TPSA) is 60.5 Å². The van der Waals surface area contributed by atoms with E-state index in [0.717, 1.165) is 21.9 Å². The van der Waals surface area contributed by atoms with E-state index in [1.165, 1.54) is 11.3 Å². The number of aryl methyl sites for hydroxylation is 1. The maximum absolute atomic E-state index is 12.1. The summed E-state index contributed by atoms with van der Waals surface area (Å²) in [4.78, 5) is 17.7. The molecule has 0 saturated heterocycles. The van der Waals surface area contributed by atoms with Crippen LogP contribution in [0.15, 0.2) is 48.5 Å². The molecule has 27 heavy (non-hydrogen) atoms. The molecule has 0 spiro atoms. The van der Waals surface area contributed by atoms with Gasteiger partial charge >= 0.3 is 0 Å². The van der Waals surface area contributed by atoms with Crippen LogP contribution in [0.25, 0.3) is 11.3 Å². The van der Waals surface area contributed by atoms with Gasteiger partial charge in [0, 0.05) is 15.5 Å². The molecule has 0 bridgehead atoms. The minimum Gasteiger partial charge on any atom is -0.494 e. The predicted molar refractivity (Wildman–Crippen MR) is 109 cm³/mol. The first kappa shape index (κ1) is 19.2. The molecule has 0 aliphatic rings. The van der Waals surface area contributed by atoms with E-state index in [0.29, 0.717) is 22.5 Å². The number of carbonyl (C=O) groups is 1. The Balaban J connectivity index is 1.61. The summed E-state index contributed by atoms with van der Waals surface area (Å²) in [5, 5.41) is 3.94. The summed E-state index contributed by atoms with van der Waals surface area (Å²) in [5.74, 6) is 1.14. The van der Waals surface area contributed by atoms with Crippen LogP contribution in [0.3, 0.4) is 0 Å². The molecule has 5 nitrogen and oxygen atoms in total. The summed E-state index contributed by atoms with van der Waals surface area (Å²) in [5.41, 5.74) is 1.82. The van der Waals surface area contributed by atoms with Crippen molar-refractivity contribution in [1.29, 1.82) is 0 Å². The number of carbonyl (C=O) groups excluding carboxylic acids is 1. The Hall–Kier alpha value is -2.57. The number of hydrogen-bond acceptors (Lipinski definition) is 5. The molecule has 1 aromatic heterocycles. The molecule has 2 aromatic carbocycles. The maximum atomic E-state index is 12.1. The molecule has 7 heteroatoms. The molecule has 0 aliphatic heterocycles. The molecular weight excluding hydrogens is 384 g/mol. The summed E-state index contributed by atoms with van der Waals surface area (Å²) < 4.78 is 10.9. The van der Waals surface area contributed by atoms with E-state index in [2.05, 4.69) is 10.3 Å². The molecule has 0 fully saturated rings. The zero-order chi connectivity index (χ0) is 19.2. The van der Waals surface area contributed by atoms with Crippen molar-refractivity contribution in [3.8, 4) is 22.8 Å². The molecule has 0 saturated carbocycles. The largest absolute Gasteiger partial charge is 0.494 e. The van der Waals surface area contributed by atoms with Crippen LogP contribution in [-0.2, 0) is 4.79 Å². The van der Waals surface area contributed by atoms with Gasteiger partial charge in [-0.15, -0.1) is 11.3 Å². The number of thiazole rings is 1. The number of nitrogens with zero attached hydrogens (tertiary/aromatic N) is 1. The lowest BCUT2D eigenvalue weighted by atomic mass is 10.1.